The van der Waals surface area contributed by atoms with Crippen molar-refractivity contribution in [1.29, 1.82) is 0 Å². The Labute approximate surface area is 241 Å². The highest BCUT2D eigenvalue weighted by Crippen LogP contribution is 2.37. The second-order valence-corrected chi connectivity index (χ2v) is 10.3. The second kappa shape index (κ2) is 14.4. The van der Waals surface area contributed by atoms with Crippen LogP contribution in [0.15, 0.2) is 48.0 Å². The van der Waals surface area contributed by atoms with Crippen LogP contribution in [0.3, 0.4) is 0 Å². The van der Waals surface area contributed by atoms with Crippen molar-refractivity contribution in [2.24, 2.45) is 0 Å². The first-order valence-electron chi connectivity index (χ1n) is 12.3. The number of amides is 2. The number of aliphatic hydroxyl groups excluding tert-OH is 2. The fourth-order valence-electron chi connectivity index (χ4n) is 4.32. The summed E-state index contributed by atoms with van der Waals surface area (Å²) in [5, 5.41) is 23.4. The number of aryl methyl sites for hydroxylation is 1. The SMILES string of the molecule is COCC(=O)N(Cc1ccc(C)cc1)C1CC(C(=O)NCCO)=CC(Oc2c(I)cc(C=O)cc2OC)C1O. The maximum atomic E-state index is 13.2. The van der Waals surface area contributed by atoms with Gasteiger partial charge in [-0.2, -0.15) is 0 Å². The summed E-state index contributed by atoms with van der Waals surface area (Å²) in [6.07, 6.45) is -0.0101. The van der Waals surface area contributed by atoms with Gasteiger partial charge in [-0.3, -0.25) is 14.4 Å². The smallest absolute Gasteiger partial charge is 0.249 e. The zero-order valence-corrected chi connectivity index (χ0v) is 24.2. The number of aldehydes is 1. The van der Waals surface area contributed by atoms with E-state index >= 15 is 0 Å². The van der Waals surface area contributed by atoms with Gasteiger partial charge in [0.05, 0.1) is 23.3 Å². The van der Waals surface area contributed by atoms with Crippen LogP contribution in [0.5, 0.6) is 11.5 Å². The molecule has 39 heavy (non-hydrogen) atoms. The normalized spacial score (nSPS) is 18.6. The van der Waals surface area contributed by atoms with Crippen molar-refractivity contribution >= 4 is 40.7 Å². The Hall–Kier alpha value is -3.00. The van der Waals surface area contributed by atoms with E-state index < -0.39 is 24.2 Å². The topological polar surface area (TPSA) is 135 Å². The molecule has 3 unspecified atom stereocenters. The molecule has 2 aromatic rings. The van der Waals surface area contributed by atoms with Gasteiger partial charge in [-0.25, -0.2) is 0 Å². The van der Waals surface area contributed by atoms with Crippen LogP contribution >= 0.6 is 22.6 Å². The summed E-state index contributed by atoms with van der Waals surface area (Å²) < 4.78 is 17.3. The van der Waals surface area contributed by atoms with Crippen molar-refractivity contribution in [3.05, 3.63) is 68.3 Å². The third kappa shape index (κ3) is 7.78. The van der Waals surface area contributed by atoms with Gasteiger partial charge in [0, 0.05) is 37.8 Å². The molecule has 0 saturated carbocycles. The maximum Gasteiger partial charge on any atom is 0.249 e. The number of halogens is 1. The number of rotatable bonds is 12. The third-order valence-electron chi connectivity index (χ3n) is 6.32. The molecule has 10 nitrogen and oxygen atoms in total. The monoisotopic (exact) mass is 652 g/mol. The number of aliphatic hydroxyl groups is 2. The molecule has 0 saturated heterocycles. The number of hydrogen-bond donors (Lipinski definition) is 3. The van der Waals surface area contributed by atoms with Gasteiger partial charge in [0.25, 0.3) is 0 Å². The van der Waals surface area contributed by atoms with Crippen LogP contribution in [0, 0.1) is 10.5 Å². The van der Waals surface area contributed by atoms with E-state index in [0.29, 0.717) is 21.0 Å². The van der Waals surface area contributed by atoms with Crippen molar-refractivity contribution < 1.29 is 38.8 Å². The molecular formula is C28H33IN2O8. The number of carbonyl (C=O) groups excluding carboxylic acids is 3. The number of carbonyl (C=O) groups is 3. The summed E-state index contributed by atoms with van der Waals surface area (Å²) in [5.74, 6) is -0.236. The summed E-state index contributed by atoms with van der Waals surface area (Å²) in [6.45, 7) is 1.73. The molecule has 2 aromatic carbocycles. The Kier molecular flexibility index (Phi) is 11.3. The molecule has 1 aliphatic rings. The zero-order valence-electron chi connectivity index (χ0n) is 22.1. The van der Waals surface area contributed by atoms with Gasteiger partial charge in [-0.1, -0.05) is 29.8 Å². The predicted octanol–water partition coefficient (Wildman–Crippen LogP) is 2.01. The van der Waals surface area contributed by atoms with Gasteiger partial charge in [0.15, 0.2) is 11.5 Å². The average molecular weight is 652 g/mol. The predicted molar refractivity (Wildman–Crippen MR) is 152 cm³/mol. The lowest BCUT2D eigenvalue weighted by Gasteiger charge is -2.40. The molecule has 0 spiro atoms. The number of hydrogen-bond acceptors (Lipinski definition) is 8. The lowest BCUT2D eigenvalue weighted by Crippen LogP contribution is -2.55. The van der Waals surface area contributed by atoms with Crippen LogP contribution in [0.25, 0.3) is 0 Å². The van der Waals surface area contributed by atoms with Crippen molar-refractivity contribution in [1.82, 2.24) is 10.2 Å². The van der Waals surface area contributed by atoms with E-state index in [2.05, 4.69) is 5.32 Å². The van der Waals surface area contributed by atoms with Crippen LogP contribution < -0.4 is 14.8 Å². The van der Waals surface area contributed by atoms with Crippen LogP contribution in [0.4, 0.5) is 0 Å². The van der Waals surface area contributed by atoms with E-state index in [-0.39, 0.29) is 50.1 Å². The van der Waals surface area contributed by atoms with Crippen molar-refractivity contribution in [2.45, 2.75) is 38.1 Å². The van der Waals surface area contributed by atoms with Crippen molar-refractivity contribution in [2.75, 3.05) is 34.0 Å². The summed E-state index contributed by atoms with van der Waals surface area (Å²) in [7, 11) is 2.85. The Morgan fingerprint density at radius 3 is 2.54 bits per heavy atom. The molecule has 0 heterocycles. The van der Waals surface area contributed by atoms with Crippen molar-refractivity contribution in [3.63, 3.8) is 0 Å². The minimum absolute atomic E-state index is 0.0451. The fourth-order valence-corrected chi connectivity index (χ4v) is 5.08. The minimum Gasteiger partial charge on any atom is -0.493 e. The van der Waals surface area contributed by atoms with Gasteiger partial charge >= 0.3 is 0 Å². The molecule has 3 N–H and O–H groups in total. The van der Waals surface area contributed by atoms with Gasteiger partial charge < -0.3 is 34.6 Å². The number of nitrogens with one attached hydrogen (secondary N) is 1. The first-order chi connectivity index (χ1) is 18.7. The van der Waals surface area contributed by atoms with Gasteiger partial charge in [-0.15, -0.1) is 0 Å². The average Bonchev–Trinajstić information content (AvgIpc) is 2.93. The number of ether oxygens (including phenoxy) is 3. The van der Waals surface area contributed by atoms with Crippen LogP contribution in [0.1, 0.15) is 27.9 Å². The fraction of sp³-hybridized carbons (Fsp3) is 0.393. The van der Waals surface area contributed by atoms with E-state index in [9.17, 15) is 24.6 Å². The van der Waals surface area contributed by atoms with E-state index in [1.54, 1.807) is 6.07 Å². The highest BCUT2D eigenvalue weighted by atomic mass is 127. The highest BCUT2D eigenvalue weighted by molar-refractivity contribution is 14.1. The summed E-state index contributed by atoms with van der Waals surface area (Å²) in [6, 6.07) is 9.96. The Morgan fingerprint density at radius 1 is 1.21 bits per heavy atom. The van der Waals surface area contributed by atoms with Crippen LogP contribution in [0.2, 0.25) is 0 Å². The van der Waals surface area contributed by atoms with E-state index in [0.717, 1.165) is 11.1 Å². The molecule has 1 aliphatic carbocycles. The quantitative estimate of drug-likeness (QED) is 0.234. The molecule has 0 radical (unpaired) electrons. The van der Waals surface area contributed by atoms with E-state index in [1.807, 2.05) is 53.8 Å². The number of methoxy groups -OCH3 is 2. The number of benzene rings is 2. The van der Waals surface area contributed by atoms with Crippen LogP contribution in [-0.4, -0.2) is 85.4 Å². The molecule has 3 atom stereocenters. The van der Waals surface area contributed by atoms with Gasteiger partial charge in [0.2, 0.25) is 11.8 Å². The molecule has 2 amide bonds. The molecule has 0 fully saturated rings. The molecule has 0 bridgehead atoms. The number of nitrogens with zero attached hydrogens (tertiary/aromatic N) is 1. The van der Waals surface area contributed by atoms with Crippen molar-refractivity contribution in [3.8, 4) is 11.5 Å². The summed E-state index contributed by atoms with van der Waals surface area (Å²) in [4.78, 5) is 39.0. The van der Waals surface area contributed by atoms with Gasteiger partial charge in [0.1, 0.15) is 25.1 Å². The molecule has 3 rings (SSSR count). The van der Waals surface area contributed by atoms with Crippen LogP contribution in [-0.2, 0) is 20.9 Å². The highest BCUT2D eigenvalue weighted by Gasteiger charge is 2.41. The molecular weight excluding hydrogens is 619 g/mol. The first-order valence-corrected chi connectivity index (χ1v) is 13.4. The molecule has 0 aliphatic heterocycles. The molecule has 210 valence electrons. The Morgan fingerprint density at radius 2 is 1.92 bits per heavy atom. The molecule has 0 aromatic heterocycles. The Balaban J connectivity index is 2.03. The molecule has 11 heteroatoms. The van der Waals surface area contributed by atoms with Gasteiger partial charge in [-0.05, 0) is 53.3 Å². The Bertz CT molecular complexity index is 1200. The maximum absolute atomic E-state index is 13.2. The summed E-state index contributed by atoms with van der Waals surface area (Å²) in [5.41, 5.74) is 2.59. The van der Waals surface area contributed by atoms with E-state index in [1.165, 1.54) is 31.3 Å². The largest absolute Gasteiger partial charge is 0.493 e. The minimum atomic E-state index is -1.23. The zero-order chi connectivity index (χ0) is 28.5. The van der Waals surface area contributed by atoms with E-state index in [4.69, 9.17) is 14.2 Å². The standard InChI is InChI=1S/C28H33IN2O8/c1-17-4-6-18(7-5-17)14-31(25(34)16-37-2)22-12-20(28(36)30-8-9-32)13-23(26(22)35)39-27-21(29)10-19(15-33)11-24(27)38-3/h4-7,10-11,13,15,22-23,26,32,35H,8-9,12,14,16H2,1-3H3,(H,30,36). The third-order valence-corrected chi connectivity index (χ3v) is 7.12. The summed E-state index contributed by atoms with van der Waals surface area (Å²) >= 11 is 2.00. The lowest BCUT2D eigenvalue weighted by atomic mass is 9.87. The lowest BCUT2D eigenvalue weighted by molar-refractivity contribution is -0.143. The first kappa shape index (κ1) is 30.5. The second-order valence-electron chi connectivity index (χ2n) is 9.11.